The molecule has 0 spiro atoms. The van der Waals surface area contributed by atoms with Crippen molar-refractivity contribution < 1.29 is 0 Å². The van der Waals surface area contributed by atoms with Crippen LogP contribution >= 0.6 is 11.8 Å². The molecule has 1 aliphatic carbocycles. The van der Waals surface area contributed by atoms with Crippen molar-refractivity contribution in [3.8, 4) is 0 Å². The monoisotopic (exact) mass is 257 g/mol. The number of guanidine groups is 1. The van der Waals surface area contributed by atoms with E-state index in [0.29, 0.717) is 6.04 Å². The Hall–Kier alpha value is -0.380. The molecular weight excluding hydrogens is 230 g/mol. The molecule has 0 bridgehead atoms. The fourth-order valence-electron chi connectivity index (χ4n) is 1.85. The molecule has 0 aromatic carbocycles. The quantitative estimate of drug-likeness (QED) is 0.567. The number of aliphatic imine (C=N–C) groups is 1. The van der Waals surface area contributed by atoms with E-state index in [1.165, 1.54) is 19.3 Å². The molecule has 0 aromatic heterocycles. The van der Waals surface area contributed by atoms with E-state index in [2.05, 4.69) is 42.7 Å². The Bertz CT molecular complexity index is 263. The maximum Gasteiger partial charge on any atom is 0.191 e. The molecule has 4 heteroatoms. The maximum absolute atomic E-state index is 4.29. The molecule has 2 atom stereocenters. The molecule has 1 rings (SSSR count). The van der Waals surface area contributed by atoms with E-state index in [9.17, 15) is 0 Å². The molecule has 1 aliphatic rings. The lowest BCUT2D eigenvalue weighted by molar-refractivity contribution is 0.637. The molecule has 1 saturated carbocycles. The zero-order chi connectivity index (χ0) is 12.9. The lowest BCUT2D eigenvalue weighted by atomic mass is 10.2. The van der Waals surface area contributed by atoms with Crippen molar-refractivity contribution in [3.63, 3.8) is 0 Å². The van der Waals surface area contributed by atoms with Crippen molar-refractivity contribution in [3.05, 3.63) is 0 Å². The number of nitrogens with zero attached hydrogens (tertiary/aromatic N) is 1. The summed E-state index contributed by atoms with van der Waals surface area (Å²) < 4.78 is 0.254. The molecule has 100 valence electrons. The van der Waals surface area contributed by atoms with Crippen molar-refractivity contribution in [2.45, 2.75) is 50.8 Å². The Kier molecular flexibility index (Phi) is 5.63. The van der Waals surface area contributed by atoms with Gasteiger partial charge in [0.05, 0.1) is 0 Å². The average molecular weight is 257 g/mol. The topological polar surface area (TPSA) is 36.4 Å². The third kappa shape index (κ3) is 5.19. The summed E-state index contributed by atoms with van der Waals surface area (Å²) in [6.45, 7) is 7.69. The summed E-state index contributed by atoms with van der Waals surface area (Å²) in [4.78, 5) is 4.29. The predicted molar refractivity (Wildman–Crippen MR) is 78.9 cm³/mol. The highest BCUT2D eigenvalue weighted by Gasteiger charge is 2.36. The first-order chi connectivity index (χ1) is 8.02. The van der Waals surface area contributed by atoms with Crippen molar-refractivity contribution >= 4 is 17.7 Å². The van der Waals surface area contributed by atoms with Crippen LogP contribution in [0.15, 0.2) is 4.99 Å². The molecule has 3 nitrogen and oxygen atoms in total. The number of rotatable bonds is 6. The van der Waals surface area contributed by atoms with Gasteiger partial charge in [-0.25, -0.2) is 0 Å². The minimum atomic E-state index is 0.254. The van der Waals surface area contributed by atoms with E-state index < -0.39 is 0 Å². The predicted octanol–water partition coefficient (Wildman–Crippen LogP) is 2.48. The number of thioether (sulfide) groups is 1. The Morgan fingerprint density at radius 2 is 2.18 bits per heavy atom. The Labute approximate surface area is 110 Å². The van der Waals surface area contributed by atoms with Crippen LogP contribution in [-0.4, -0.2) is 36.6 Å². The summed E-state index contributed by atoms with van der Waals surface area (Å²) in [7, 11) is 1.85. The molecule has 0 aromatic rings. The highest BCUT2D eigenvalue weighted by Crippen LogP contribution is 2.34. The average Bonchev–Trinajstić information content (AvgIpc) is 3.03. The third-order valence-corrected chi connectivity index (χ3v) is 4.61. The highest BCUT2D eigenvalue weighted by atomic mass is 32.2. The third-order valence-electron chi connectivity index (χ3n) is 3.36. The second-order valence-corrected chi connectivity index (χ2v) is 6.94. The van der Waals surface area contributed by atoms with Gasteiger partial charge in [-0.1, -0.05) is 13.3 Å². The van der Waals surface area contributed by atoms with Gasteiger partial charge in [0.25, 0.3) is 0 Å². The van der Waals surface area contributed by atoms with E-state index in [-0.39, 0.29) is 4.75 Å². The number of hydrogen-bond donors (Lipinski definition) is 2. The van der Waals surface area contributed by atoms with Crippen LogP contribution in [0.1, 0.15) is 40.0 Å². The Morgan fingerprint density at radius 1 is 1.47 bits per heavy atom. The Balaban J connectivity index is 2.27. The molecule has 1 fully saturated rings. The van der Waals surface area contributed by atoms with Crippen LogP contribution in [0.5, 0.6) is 0 Å². The summed E-state index contributed by atoms with van der Waals surface area (Å²) >= 11 is 1.88. The second-order valence-electron chi connectivity index (χ2n) is 5.42. The van der Waals surface area contributed by atoms with Gasteiger partial charge in [-0.2, -0.15) is 11.8 Å². The minimum absolute atomic E-state index is 0.254. The molecule has 0 saturated heterocycles. The van der Waals surface area contributed by atoms with Gasteiger partial charge in [0.1, 0.15) is 0 Å². The summed E-state index contributed by atoms with van der Waals surface area (Å²) in [5.74, 6) is 1.82. The van der Waals surface area contributed by atoms with Crippen LogP contribution in [0.3, 0.4) is 0 Å². The van der Waals surface area contributed by atoms with Crippen LogP contribution in [0.25, 0.3) is 0 Å². The molecular formula is C13H27N3S. The van der Waals surface area contributed by atoms with Crippen molar-refractivity contribution in [2.24, 2.45) is 10.9 Å². The maximum atomic E-state index is 4.29. The zero-order valence-corrected chi connectivity index (χ0v) is 12.7. The van der Waals surface area contributed by atoms with Crippen LogP contribution in [0.2, 0.25) is 0 Å². The largest absolute Gasteiger partial charge is 0.355 e. The zero-order valence-electron chi connectivity index (χ0n) is 11.8. The minimum Gasteiger partial charge on any atom is -0.355 e. The van der Waals surface area contributed by atoms with Crippen LogP contribution in [-0.2, 0) is 0 Å². The van der Waals surface area contributed by atoms with E-state index >= 15 is 0 Å². The van der Waals surface area contributed by atoms with Gasteiger partial charge in [0.2, 0.25) is 0 Å². The van der Waals surface area contributed by atoms with Gasteiger partial charge in [-0.05, 0) is 38.9 Å². The fourth-order valence-corrected chi connectivity index (χ4v) is 2.07. The molecule has 2 N–H and O–H groups in total. The van der Waals surface area contributed by atoms with Crippen molar-refractivity contribution in [1.82, 2.24) is 10.6 Å². The smallest absolute Gasteiger partial charge is 0.191 e. The van der Waals surface area contributed by atoms with E-state index in [1.807, 2.05) is 18.8 Å². The summed E-state index contributed by atoms with van der Waals surface area (Å²) in [5.41, 5.74) is 0. The normalized spacial score (nSPS) is 24.6. The summed E-state index contributed by atoms with van der Waals surface area (Å²) in [5, 5.41) is 6.91. The molecule has 0 radical (unpaired) electrons. The lowest BCUT2D eigenvalue weighted by Crippen LogP contribution is -2.44. The SMILES string of the molecule is CCCC1CC1NC(=NC)NCC(C)(C)SC. The molecule has 0 amide bonds. The van der Waals surface area contributed by atoms with Crippen molar-refractivity contribution in [1.29, 1.82) is 0 Å². The lowest BCUT2D eigenvalue weighted by Gasteiger charge is -2.23. The fraction of sp³-hybridized carbons (Fsp3) is 0.923. The highest BCUT2D eigenvalue weighted by molar-refractivity contribution is 7.99. The first kappa shape index (κ1) is 14.7. The van der Waals surface area contributed by atoms with Crippen LogP contribution in [0, 0.1) is 5.92 Å². The summed E-state index contributed by atoms with van der Waals surface area (Å²) in [6, 6.07) is 0.651. The number of hydrogen-bond acceptors (Lipinski definition) is 2. The van der Waals surface area contributed by atoms with Gasteiger partial charge in [0, 0.05) is 24.4 Å². The Morgan fingerprint density at radius 3 is 2.71 bits per heavy atom. The van der Waals surface area contributed by atoms with E-state index in [1.54, 1.807) is 0 Å². The molecule has 2 unspecified atom stereocenters. The first-order valence-corrected chi connectivity index (χ1v) is 7.77. The molecule has 0 heterocycles. The van der Waals surface area contributed by atoms with Gasteiger partial charge in [-0.3, -0.25) is 4.99 Å². The van der Waals surface area contributed by atoms with Gasteiger partial charge >= 0.3 is 0 Å². The standard InChI is InChI=1S/C13H27N3S/c1-6-7-10-8-11(10)16-12(14-4)15-9-13(2,3)17-5/h10-11H,6-9H2,1-5H3,(H2,14,15,16). The van der Waals surface area contributed by atoms with Crippen molar-refractivity contribution in [2.75, 3.05) is 19.8 Å². The molecule has 0 aliphatic heterocycles. The summed E-state index contributed by atoms with van der Waals surface area (Å²) in [6.07, 6.45) is 6.08. The molecule has 17 heavy (non-hydrogen) atoms. The number of nitrogens with one attached hydrogen (secondary N) is 2. The van der Waals surface area contributed by atoms with E-state index in [4.69, 9.17) is 0 Å². The first-order valence-electron chi connectivity index (χ1n) is 6.54. The van der Waals surface area contributed by atoms with Gasteiger partial charge < -0.3 is 10.6 Å². The van der Waals surface area contributed by atoms with Gasteiger partial charge in [0.15, 0.2) is 5.96 Å². The van der Waals surface area contributed by atoms with E-state index in [0.717, 1.165) is 18.4 Å². The van der Waals surface area contributed by atoms with Crippen LogP contribution < -0.4 is 10.6 Å². The van der Waals surface area contributed by atoms with Gasteiger partial charge in [-0.15, -0.1) is 0 Å². The second kappa shape index (κ2) is 6.53. The van der Waals surface area contributed by atoms with Crippen LogP contribution in [0.4, 0.5) is 0 Å².